The van der Waals surface area contributed by atoms with Gasteiger partial charge in [0.05, 0.1) is 10.6 Å². The molecule has 2 N–H and O–H groups in total. The minimum absolute atomic E-state index is 0.0451. The fraction of sp³-hybridized carbons (Fsp3) is 0.171. The van der Waals surface area contributed by atoms with Crippen molar-refractivity contribution in [1.82, 2.24) is 14.8 Å². The lowest BCUT2D eigenvalue weighted by Gasteiger charge is -2.29. The van der Waals surface area contributed by atoms with Crippen LogP contribution in [0.4, 0.5) is 20.4 Å². The lowest BCUT2D eigenvalue weighted by atomic mass is 9.94. The van der Waals surface area contributed by atoms with Crippen molar-refractivity contribution in [2.75, 3.05) is 10.6 Å². The van der Waals surface area contributed by atoms with E-state index in [0.29, 0.717) is 45.1 Å². The number of aryl methyl sites for hydroxylation is 1. The molecule has 6 rings (SSSR count). The van der Waals surface area contributed by atoms with Gasteiger partial charge in [-0.2, -0.15) is 4.98 Å². The highest BCUT2D eigenvalue weighted by Gasteiger charge is 2.34. The second-order valence-corrected chi connectivity index (χ2v) is 12.2. The minimum Gasteiger partial charge on any atom is -0.489 e. The Morgan fingerprint density at radius 2 is 1.72 bits per heavy atom. The van der Waals surface area contributed by atoms with Gasteiger partial charge >= 0.3 is 0 Å². The third-order valence-corrected chi connectivity index (χ3v) is 9.13. The van der Waals surface area contributed by atoms with Gasteiger partial charge in [-0.15, -0.1) is 5.10 Å². The summed E-state index contributed by atoms with van der Waals surface area (Å²) in [5.41, 5.74) is 5.38. The molecular weight excluding hydrogens is 628 g/mol. The second-order valence-electron chi connectivity index (χ2n) is 10.9. The van der Waals surface area contributed by atoms with Crippen molar-refractivity contribution in [1.29, 1.82) is 0 Å². The molecule has 0 bridgehead atoms. The largest absolute Gasteiger partial charge is 0.489 e. The molecule has 5 aromatic rings. The van der Waals surface area contributed by atoms with Crippen LogP contribution in [0.2, 0.25) is 5.02 Å². The Balaban J connectivity index is 1.32. The first-order valence-electron chi connectivity index (χ1n) is 14.5. The summed E-state index contributed by atoms with van der Waals surface area (Å²) in [6.07, 6.45) is 0. The number of carbonyl (C=O) groups is 1. The smallest absolute Gasteiger partial charge is 0.255 e. The zero-order chi connectivity index (χ0) is 32.4. The average molecular weight is 658 g/mol. The number of allylic oxidation sites excluding steroid dienone is 1. The number of thioether (sulfide) groups is 1. The van der Waals surface area contributed by atoms with Gasteiger partial charge in [-0.25, -0.2) is 13.5 Å². The molecule has 1 atom stereocenters. The SMILES string of the molecule is CC1=C(C(=O)Nc2cccc(C)c2C)C(c2ccc(OCc3c(F)cccc3Cl)cc2)n2nc(SCc3ccccc3F)nc2N1. The first-order valence-corrected chi connectivity index (χ1v) is 15.9. The topological polar surface area (TPSA) is 81.1 Å². The highest BCUT2D eigenvalue weighted by molar-refractivity contribution is 7.98. The number of amides is 1. The van der Waals surface area contributed by atoms with E-state index < -0.39 is 11.9 Å². The van der Waals surface area contributed by atoms with Gasteiger partial charge in [0.1, 0.15) is 30.0 Å². The number of hydrogen-bond acceptors (Lipinski definition) is 6. The average Bonchev–Trinajstić information content (AvgIpc) is 3.44. The number of anilines is 2. The number of nitrogens with one attached hydrogen (secondary N) is 2. The summed E-state index contributed by atoms with van der Waals surface area (Å²) in [4.78, 5) is 18.7. The first kappa shape index (κ1) is 31.3. The van der Waals surface area contributed by atoms with Gasteiger partial charge in [-0.1, -0.05) is 71.9 Å². The normalized spacial score (nSPS) is 14.1. The summed E-state index contributed by atoms with van der Waals surface area (Å²) in [7, 11) is 0. The monoisotopic (exact) mass is 657 g/mol. The van der Waals surface area contributed by atoms with Crippen LogP contribution in [-0.2, 0) is 17.2 Å². The van der Waals surface area contributed by atoms with Crippen molar-refractivity contribution >= 4 is 40.9 Å². The number of halogens is 3. The van der Waals surface area contributed by atoms with E-state index in [9.17, 15) is 13.6 Å². The van der Waals surface area contributed by atoms with Crippen LogP contribution in [0, 0.1) is 25.5 Å². The van der Waals surface area contributed by atoms with E-state index in [-0.39, 0.29) is 28.9 Å². The lowest BCUT2D eigenvalue weighted by Crippen LogP contribution is -2.31. The Morgan fingerprint density at radius 1 is 0.978 bits per heavy atom. The Kier molecular flexibility index (Phi) is 9.10. The van der Waals surface area contributed by atoms with Crippen LogP contribution in [-0.4, -0.2) is 20.7 Å². The summed E-state index contributed by atoms with van der Waals surface area (Å²) in [5.74, 6) is 0.264. The molecule has 0 radical (unpaired) electrons. The van der Waals surface area contributed by atoms with Gasteiger partial charge in [0, 0.05) is 22.7 Å². The molecule has 1 aliphatic rings. The van der Waals surface area contributed by atoms with Crippen LogP contribution in [0.1, 0.15) is 40.8 Å². The number of hydrogen-bond donors (Lipinski definition) is 2. The summed E-state index contributed by atoms with van der Waals surface area (Å²) >= 11 is 7.47. The highest BCUT2D eigenvalue weighted by atomic mass is 35.5. The number of aromatic nitrogens is 3. The number of carbonyl (C=O) groups excluding carboxylic acids is 1. The molecule has 2 heterocycles. The molecule has 11 heteroatoms. The van der Waals surface area contributed by atoms with Crippen LogP contribution < -0.4 is 15.4 Å². The van der Waals surface area contributed by atoms with Crippen LogP contribution in [0.5, 0.6) is 5.75 Å². The molecule has 0 fully saturated rings. The Labute approximate surface area is 274 Å². The Hall–Kier alpha value is -4.67. The molecule has 1 aliphatic heterocycles. The van der Waals surface area contributed by atoms with E-state index in [1.165, 1.54) is 23.9 Å². The van der Waals surface area contributed by atoms with Gasteiger partial charge in [-0.3, -0.25) is 4.79 Å². The summed E-state index contributed by atoms with van der Waals surface area (Å²) in [6.45, 7) is 5.73. The van der Waals surface area contributed by atoms with Crippen molar-refractivity contribution in [2.45, 2.75) is 44.3 Å². The van der Waals surface area contributed by atoms with E-state index in [1.54, 1.807) is 47.1 Å². The number of fused-ring (bicyclic) bond motifs is 1. The number of nitrogens with zero attached hydrogens (tertiary/aromatic N) is 3. The van der Waals surface area contributed by atoms with Crippen LogP contribution >= 0.6 is 23.4 Å². The van der Waals surface area contributed by atoms with Crippen LogP contribution in [0.25, 0.3) is 0 Å². The standard InChI is InChI=1S/C35H30ClF2N5O2S/c1-20-8-6-13-30(21(20)2)40-33(44)31-22(3)39-34-41-35(46-19-24-9-4-5-11-28(24)37)42-43(34)32(31)23-14-16-25(17-15-23)45-18-26-27(36)10-7-12-29(26)38/h4-17,32H,18-19H2,1-3H3,(H,40,44)(H,39,41,42). The predicted molar refractivity (Wildman–Crippen MR) is 177 cm³/mol. The van der Waals surface area contributed by atoms with E-state index in [1.807, 2.05) is 51.1 Å². The lowest BCUT2D eigenvalue weighted by molar-refractivity contribution is -0.113. The molecule has 0 saturated carbocycles. The zero-order valence-electron chi connectivity index (χ0n) is 25.3. The van der Waals surface area contributed by atoms with Gasteiger partial charge in [0.15, 0.2) is 0 Å². The molecule has 7 nitrogen and oxygen atoms in total. The van der Waals surface area contributed by atoms with Crippen LogP contribution in [0.15, 0.2) is 101 Å². The van der Waals surface area contributed by atoms with E-state index in [4.69, 9.17) is 21.4 Å². The zero-order valence-corrected chi connectivity index (χ0v) is 26.8. The van der Waals surface area contributed by atoms with Gasteiger partial charge in [0.2, 0.25) is 11.1 Å². The number of benzene rings is 4. The molecular formula is C35H30ClF2N5O2S. The second kappa shape index (κ2) is 13.4. The first-order chi connectivity index (χ1) is 22.2. The summed E-state index contributed by atoms with van der Waals surface area (Å²) in [5, 5.41) is 11.8. The number of ether oxygens (including phenoxy) is 1. The van der Waals surface area contributed by atoms with Crippen LogP contribution in [0.3, 0.4) is 0 Å². The fourth-order valence-corrected chi connectivity index (χ4v) is 6.23. The maximum atomic E-state index is 14.3. The van der Waals surface area contributed by atoms with Crippen molar-refractivity contribution in [3.05, 3.63) is 141 Å². The van der Waals surface area contributed by atoms with Crippen molar-refractivity contribution in [3.8, 4) is 5.75 Å². The highest BCUT2D eigenvalue weighted by Crippen LogP contribution is 2.38. The molecule has 1 aromatic heterocycles. The third-order valence-electron chi connectivity index (χ3n) is 7.89. The molecule has 0 spiro atoms. The molecule has 234 valence electrons. The minimum atomic E-state index is -0.647. The summed E-state index contributed by atoms with van der Waals surface area (Å²) in [6, 6.07) is 23.4. The number of rotatable bonds is 9. The summed E-state index contributed by atoms with van der Waals surface area (Å²) < 4.78 is 36.1. The third kappa shape index (κ3) is 6.49. The molecule has 46 heavy (non-hydrogen) atoms. The van der Waals surface area contributed by atoms with E-state index in [0.717, 1.165) is 16.7 Å². The quantitative estimate of drug-likeness (QED) is 0.155. The van der Waals surface area contributed by atoms with Crippen molar-refractivity contribution in [2.24, 2.45) is 0 Å². The Morgan fingerprint density at radius 3 is 2.48 bits per heavy atom. The molecule has 1 amide bonds. The molecule has 1 unspecified atom stereocenters. The maximum absolute atomic E-state index is 14.3. The van der Waals surface area contributed by atoms with Gasteiger partial charge in [-0.05, 0) is 79.4 Å². The van der Waals surface area contributed by atoms with Crippen molar-refractivity contribution < 1.29 is 18.3 Å². The molecule has 0 saturated heterocycles. The molecule has 4 aromatic carbocycles. The maximum Gasteiger partial charge on any atom is 0.255 e. The Bertz CT molecular complexity index is 1940. The van der Waals surface area contributed by atoms with E-state index in [2.05, 4.69) is 15.6 Å². The van der Waals surface area contributed by atoms with Gasteiger partial charge in [0.25, 0.3) is 5.91 Å². The van der Waals surface area contributed by atoms with Crippen molar-refractivity contribution in [3.63, 3.8) is 0 Å². The predicted octanol–water partition coefficient (Wildman–Crippen LogP) is 8.63. The van der Waals surface area contributed by atoms with E-state index >= 15 is 0 Å². The van der Waals surface area contributed by atoms with Gasteiger partial charge < -0.3 is 15.4 Å². The fourth-order valence-electron chi connectivity index (χ4n) is 5.20. The molecule has 0 aliphatic carbocycles.